The summed E-state index contributed by atoms with van der Waals surface area (Å²) in [6.07, 6.45) is 4.06. The molecule has 1 amide bonds. The van der Waals surface area contributed by atoms with Crippen LogP contribution in [0.3, 0.4) is 0 Å². The van der Waals surface area contributed by atoms with Crippen LogP contribution in [0, 0.1) is 12.8 Å². The molecule has 5 heteroatoms. The third-order valence-corrected chi connectivity index (χ3v) is 5.42. The Morgan fingerprint density at radius 1 is 1.43 bits per heavy atom. The number of benzene rings is 1. The molecular formula is C18H22N2O2S. The summed E-state index contributed by atoms with van der Waals surface area (Å²) in [5, 5.41) is 15.9. The first-order chi connectivity index (χ1) is 11.1. The Balaban J connectivity index is 1.63. The highest BCUT2D eigenvalue weighted by molar-refractivity contribution is 7.13. The molecule has 2 N–H and O–H groups in total. The molecule has 1 heterocycles. The lowest BCUT2D eigenvalue weighted by molar-refractivity contribution is 0.0840. The lowest BCUT2D eigenvalue weighted by Gasteiger charge is -2.18. The topological polar surface area (TPSA) is 62.2 Å². The third kappa shape index (κ3) is 3.98. The van der Waals surface area contributed by atoms with Crippen molar-refractivity contribution in [2.75, 3.05) is 6.54 Å². The van der Waals surface area contributed by atoms with Crippen molar-refractivity contribution < 1.29 is 9.90 Å². The second-order valence-corrected chi connectivity index (χ2v) is 7.05. The van der Waals surface area contributed by atoms with Gasteiger partial charge in [-0.05, 0) is 37.8 Å². The summed E-state index contributed by atoms with van der Waals surface area (Å²) < 4.78 is 0. The van der Waals surface area contributed by atoms with E-state index in [1.54, 1.807) is 17.4 Å². The molecule has 1 unspecified atom stereocenters. The Morgan fingerprint density at radius 2 is 2.22 bits per heavy atom. The highest BCUT2D eigenvalue weighted by Gasteiger charge is 2.23. The minimum Gasteiger partial charge on any atom is -0.391 e. The SMILES string of the molecule is Cc1csc(-c2cccc(C(=O)NCC(O)C3CCCC3)c2)n1. The predicted octanol–water partition coefficient (Wildman–Crippen LogP) is 3.40. The average molecular weight is 330 g/mol. The van der Waals surface area contributed by atoms with E-state index in [1.165, 1.54) is 12.8 Å². The number of aliphatic hydroxyl groups is 1. The Bertz CT molecular complexity index is 677. The molecule has 0 radical (unpaired) electrons. The molecule has 1 saturated carbocycles. The normalized spacial score (nSPS) is 16.4. The van der Waals surface area contributed by atoms with E-state index < -0.39 is 6.10 Å². The molecule has 2 aromatic rings. The number of amides is 1. The Morgan fingerprint density at radius 3 is 2.91 bits per heavy atom. The zero-order valence-corrected chi connectivity index (χ0v) is 14.1. The molecule has 1 aromatic carbocycles. The van der Waals surface area contributed by atoms with Gasteiger partial charge in [-0.3, -0.25) is 4.79 Å². The molecule has 122 valence electrons. The van der Waals surface area contributed by atoms with Gasteiger partial charge in [0.05, 0.1) is 6.10 Å². The van der Waals surface area contributed by atoms with E-state index in [1.807, 2.05) is 30.5 Å². The number of carbonyl (C=O) groups excluding carboxylic acids is 1. The van der Waals surface area contributed by atoms with E-state index in [9.17, 15) is 9.90 Å². The molecule has 0 aliphatic heterocycles. The van der Waals surface area contributed by atoms with Crippen molar-refractivity contribution >= 4 is 17.2 Å². The number of hydrogen-bond donors (Lipinski definition) is 2. The smallest absolute Gasteiger partial charge is 0.251 e. The average Bonchev–Trinajstić information content (AvgIpc) is 3.24. The Labute approximate surface area is 140 Å². The zero-order chi connectivity index (χ0) is 16.2. The van der Waals surface area contributed by atoms with Crippen LogP contribution in [0.2, 0.25) is 0 Å². The second-order valence-electron chi connectivity index (χ2n) is 6.20. The fraction of sp³-hybridized carbons (Fsp3) is 0.444. The summed E-state index contributed by atoms with van der Waals surface area (Å²) in [5.41, 5.74) is 2.54. The van der Waals surface area contributed by atoms with Crippen LogP contribution in [0.4, 0.5) is 0 Å². The number of aromatic nitrogens is 1. The van der Waals surface area contributed by atoms with Crippen LogP contribution in [-0.2, 0) is 0 Å². The summed E-state index contributed by atoms with van der Waals surface area (Å²) in [4.78, 5) is 16.8. The molecular weight excluding hydrogens is 308 g/mol. The van der Waals surface area contributed by atoms with Gasteiger partial charge in [0.2, 0.25) is 0 Å². The van der Waals surface area contributed by atoms with Crippen molar-refractivity contribution in [2.45, 2.75) is 38.7 Å². The highest BCUT2D eigenvalue weighted by Crippen LogP contribution is 2.27. The van der Waals surface area contributed by atoms with Gasteiger partial charge < -0.3 is 10.4 Å². The summed E-state index contributed by atoms with van der Waals surface area (Å²) >= 11 is 1.58. The summed E-state index contributed by atoms with van der Waals surface area (Å²) in [5.74, 6) is 0.192. The van der Waals surface area contributed by atoms with Gasteiger partial charge in [-0.25, -0.2) is 4.98 Å². The van der Waals surface area contributed by atoms with Crippen molar-refractivity contribution in [1.82, 2.24) is 10.3 Å². The fourth-order valence-electron chi connectivity index (χ4n) is 3.09. The first kappa shape index (κ1) is 16.1. The van der Waals surface area contributed by atoms with E-state index in [-0.39, 0.29) is 5.91 Å². The maximum atomic E-state index is 12.3. The Kier molecular flexibility index (Phi) is 5.08. The standard InChI is InChI=1S/C18H22N2O2S/c1-12-11-23-18(20-12)15-8-4-7-14(9-15)17(22)19-10-16(21)13-5-2-3-6-13/h4,7-9,11,13,16,21H,2-3,5-6,10H2,1H3,(H,19,22). The summed E-state index contributed by atoms with van der Waals surface area (Å²) in [7, 11) is 0. The lowest BCUT2D eigenvalue weighted by atomic mass is 10.0. The van der Waals surface area contributed by atoms with Gasteiger partial charge in [0.15, 0.2) is 0 Å². The number of rotatable bonds is 5. The summed E-state index contributed by atoms with van der Waals surface area (Å²) in [6, 6.07) is 7.48. The van der Waals surface area contributed by atoms with Crippen LogP contribution in [0.15, 0.2) is 29.6 Å². The lowest BCUT2D eigenvalue weighted by Crippen LogP contribution is -2.35. The van der Waals surface area contributed by atoms with E-state index >= 15 is 0 Å². The molecule has 0 bridgehead atoms. The van der Waals surface area contributed by atoms with Gasteiger partial charge in [0, 0.05) is 28.7 Å². The molecule has 1 aromatic heterocycles. The van der Waals surface area contributed by atoms with Crippen LogP contribution in [0.1, 0.15) is 41.7 Å². The second kappa shape index (κ2) is 7.23. The number of carbonyl (C=O) groups is 1. The molecule has 0 saturated heterocycles. The van der Waals surface area contributed by atoms with Gasteiger partial charge in [-0.15, -0.1) is 11.3 Å². The first-order valence-electron chi connectivity index (χ1n) is 8.12. The highest BCUT2D eigenvalue weighted by atomic mass is 32.1. The van der Waals surface area contributed by atoms with Crippen LogP contribution in [0.5, 0.6) is 0 Å². The number of nitrogens with zero attached hydrogens (tertiary/aromatic N) is 1. The minimum absolute atomic E-state index is 0.142. The number of nitrogens with one attached hydrogen (secondary N) is 1. The van der Waals surface area contributed by atoms with Crippen LogP contribution in [0.25, 0.3) is 10.6 Å². The van der Waals surface area contributed by atoms with Gasteiger partial charge in [-0.1, -0.05) is 25.0 Å². The molecule has 3 rings (SSSR count). The first-order valence-corrected chi connectivity index (χ1v) is 9.00. The monoisotopic (exact) mass is 330 g/mol. The largest absolute Gasteiger partial charge is 0.391 e. The zero-order valence-electron chi connectivity index (χ0n) is 13.3. The van der Waals surface area contributed by atoms with Gasteiger partial charge in [-0.2, -0.15) is 0 Å². The predicted molar refractivity (Wildman–Crippen MR) is 92.6 cm³/mol. The van der Waals surface area contributed by atoms with Gasteiger partial charge in [0.25, 0.3) is 5.91 Å². The van der Waals surface area contributed by atoms with E-state index in [2.05, 4.69) is 10.3 Å². The number of aryl methyl sites for hydroxylation is 1. The van der Waals surface area contributed by atoms with Crippen LogP contribution >= 0.6 is 11.3 Å². The van der Waals surface area contributed by atoms with Crippen LogP contribution in [-0.4, -0.2) is 28.6 Å². The quantitative estimate of drug-likeness (QED) is 0.883. The van der Waals surface area contributed by atoms with Crippen molar-refractivity contribution in [1.29, 1.82) is 0 Å². The van der Waals surface area contributed by atoms with E-state index in [0.717, 1.165) is 29.1 Å². The molecule has 1 fully saturated rings. The molecule has 4 nitrogen and oxygen atoms in total. The van der Waals surface area contributed by atoms with Crippen molar-refractivity contribution in [2.24, 2.45) is 5.92 Å². The van der Waals surface area contributed by atoms with E-state index in [0.29, 0.717) is 18.0 Å². The number of thiazole rings is 1. The van der Waals surface area contributed by atoms with Crippen molar-refractivity contribution in [3.8, 4) is 10.6 Å². The van der Waals surface area contributed by atoms with Crippen molar-refractivity contribution in [3.63, 3.8) is 0 Å². The maximum Gasteiger partial charge on any atom is 0.251 e. The summed E-state index contributed by atoms with van der Waals surface area (Å²) in [6.45, 7) is 2.28. The molecule has 23 heavy (non-hydrogen) atoms. The fourth-order valence-corrected chi connectivity index (χ4v) is 3.88. The van der Waals surface area contributed by atoms with Gasteiger partial charge >= 0.3 is 0 Å². The molecule has 1 aliphatic rings. The molecule has 0 spiro atoms. The minimum atomic E-state index is -0.439. The third-order valence-electron chi connectivity index (χ3n) is 4.41. The molecule has 1 aliphatic carbocycles. The molecule has 1 atom stereocenters. The Hall–Kier alpha value is -1.72. The maximum absolute atomic E-state index is 12.3. The van der Waals surface area contributed by atoms with Crippen LogP contribution < -0.4 is 5.32 Å². The number of hydrogen-bond acceptors (Lipinski definition) is 4. The van der Waals surface area contributed by atoms with E-state index in [4.69, 9.17) is 0 Å². The number of aliphatic hydroxyl groups excluding tert-OH is 1. The van der Waals surface area contributed by atoms with Crippen molar-refractivity contribution in [3.05, 3.63) is 40.9 Å². The van der Waals surface area contributed by atoms with Gasteiger partial charge in [0.1, 0.15) is 5.01 Å².